The lowest BCUT2D eigenvalue weighted by molar-refractivity contribution is 0.0950. The van der Waals surface area contributed by atoms with E-state index in [9.17, 15) is 9.59 Å². The molecule has 0 amide bonds. The Labute approximate surface area is 196 Å². The van der Waals surface area contributed by atoms with Gasteiger partial charge in [0.15, 0.2) is 5.76 Å². The maximum Gasteiger partial charge on any atom is 0.514 e. The lowest BCUT2D eigenvalue weighted by Gasteiger charge is -2.07. The van der Waals surface area contributed by atoms with E-state index in [2.05, 4.69) is 14.7 Å². The van der Waals surface area contributed by atoms with E-state index >= 15 is 0 Å². The largest absolute Gasteiger partial charge is 0.514 e. The third-order valence-corrected chi connectivity index (χ3v) is 4.89. The number of aryl methyl sites for hydroxylation is 1. The van der Waals surface area contributed by atoms with Gasteiger partial charge in [0.1, 0.15) is 18.1 Å². The van der Waals surface area contributed by atoms with Crippen LogP contribution in [0.3, 0.4) is 0 Å². The Morgan fingerprint density at radius 1 is 0.912 bits per heavy atom. The van der Waals surface area contributed by atoms with Gasteiger partial charge in [0, 0.05) is 12.5 Å². The van der Waals surface area contributed by atoms with Crippen molar-refractivity contribution in [3.05, 3.63) is 96.0 Å². The van der Waals surface area contributed by atoms with Crippen molar-refractivity contribution in [3.63, 3.8) is 0 Å². The van der Waals surface area contributed by atoms with Crippen LogP contribution in [0.1, 0.15) is 28.2 Å². The fourth-order valence-corrected chi connectivity index (χ4v) is 3.11. The van der Waals surface area contributed by atoms with Crippen molar-refractivity contribution in [2.45, 2.75) is 19.4 Å². The number of oxazole rings is 1. The van der Waals surface area contributed by atoms with Crippen molar-refractivity contribution in [3.8, 4) is 23.1 Å². The summed E-state index contributed by atoms with van der Waals surface area (Å²) in [6.07, 6.45) is 1.34. The second kappa shape index (κ2) is 10.9. The molecule has 0 spiro atoms. The average Bonchev–Trinajstić information content (AvgIpc) is 3.38. The van der Waals surface area contributed by atoms with Gasteiger partial charge in [0.25, 0.3) is 5.89 Å². The van der Waals surface area contributed by atoms with Gasteiger partial charge in [-0.1, -0.05) is 48.5 Å². The first kappa shape index (κ1) is 22.7. The van der Waals surface area contributed by atoms with Crippen LogP contribution in [0.25, 0.3) is 11.5 Å². The third kappa shape index (κ3) is 6.07. The molecule has 0 bridgehead atoms. The minimum absolute atomic E-state index is 0.00368. The number of benzene rings is 2. The van der Waals surface area contributed by atoms with Crippen LogP contribution in [0.2, 0.25) is 0 Å². The van der Waals surface area contributed by atoms with Crippen LogP contribution in [-0.4, -0.2) is 29.0 Å². The van der Waals surface area contributed by atoms with E-state index in [1.165, 1.54) is 19.4 Å². The van der Waals surface area contributed by atoms with Gasteiger partial charge < -0.3 is 18.6 Å². The highest BCUT2D eigenvalue weighted by molar-refractivity contribution is 5.92. The summed E-state index contributed by atoms with van der Waals surface area (Å²) in [5.41, 5.74) is 2.45. The van der Waals surface area contributed by atoms with Crippen molar-refractivity contribution in [2.75, 3.05) is 7.11 Å². The Morgan fingerprint density at radius 3 is 2.44 bits per heavy atom. The van der Waals surface area contributed by atoms with E-state index in [1.54, 1.807) is 12.1 Å². The molecule has 0 N–H and O–H groups in total. The molecule has 0 saturated heterocycles. The molecule has 0 aliphatic carbocycles. The number of pyridine rings is 1. The summed E-state index contributed by atoms with van der Waals surface area (Å²) in [6, 6.07) is 22.4. The van der Waals surface area contributed by atoms with Crippen LogP contribution < -0.4 is 9.47 Å². The Balaban J connectivity index is 1.31. The fraction of sp³-hybridized carbons (Fsp3) is 0.154. The van der Waals surface area contributed by atoms with E-state index in [1.807, 2.05) is 54.6 Å². The molecular weight excluding hydrogens is 436 g/mol. The van der Waals surface area contributed by atoms with E-state index in [-0.39, 0.29) is 24.0 Å². The summed E-state index contributed by atoms with van der Waals surface area (Å²) in [5, 5.41) is 0. The predicted molar refractivity (Wildman–Crippen MR) is 123 cm³/mol. The Morgan fingerprint density at radius 2 is 1.68 bits per heavy atom. The zero-order valence-electron chi connectivity index (χ0n) is 18.5. The minimum Gasteiger partial charge on any atom is -0.489 e. The molecular formula is C26H22N2O6. The van der Waals surface area contributed by atoms with Crippen molar-refractivity contribution < 1.29 is 28.2 Å². The molecule has 0 saturated carbocycles. The van der Waals surface area contributed by atoms with Gasteiger partial charge in [0.2, 0.25) is 11.7 Å². The number of hydrogen-bond donors (Lipinski definition) is 0. The van der Waals surface area contributed by atoms with Crippen LogP contribution in [0.15, 0.2) is 83.4 Å². The van der Waals surface area contributed by atoms with Crippen molar-refractivity contribution in [2.24, 2.45) is 0 Å². The van der Waals surface area contributed by atoms with E-state index < -0.39 is 6.16 Å². The number of nitrogens with zero attached hydrogens (tertiary/aromatic N) is 2. The molecule has 2 heterocycles. The number of carbonyl (C=O) groups is 2. The minimum atomic E-state index is -0.880. The summed E-state index contributed by atoms with van der Waals surface area (Å²) in [5.74, 6) is 0.946. The maximum absolute atomic E-state index is 12.6. The summed E-state index contributed by atoms with van der Waals surface area (Å²) in [6.45, 7) is 0.474. The standard InChI is InChI=1S/C26H22N2O6/c1-31-26(30)34-24-9-5-8-21(28-24)23-16-27-25(33-23)22(29)15-14-18-10-12-19(13-11-18)17-32-20-6-3-2-4-7-20/h2-13,16H,14-15,17H2,1H3. The molecule has 4 rings (SSSR count). The molecule has 0 radical (unpaired) electrons. The van der Waals surface area contributed by atoms with Crippen LogP contribution >= 0.6 is 0 Å². The highest BCUT2D eigenvalue weighted by Gasteiger charge is 2.16. The van der Waals surface area contributed by atoms with Gasteiger partial charge >= 0.3 is 6.16 Å². The van der Waals surface area contributed by atoms with E-state index in [4.69, 9.17) is 13.9 Å². The average molecular weight is 458 g/mol. The van der Waals surface area contributed by atoms with Crippen molar-refractivity contribution in [1.29, 1.82) is 0 Å². The van der Waals surface area contributed by atoms with Crippen LogP contribution in [0, 0.1) is 0 Å². The molecule has 8 heteroatoms. The molecule has 8 nitrogen and oxygen atoms in total. The van der Waals surface area contributed by atoms with Crippen LogP contribution in [0.5, 0.6) is 11.6 Å². The van der Waals surface area contributed by atoms with Gasteiger partial charge in [-0.25, -0.2) is 14.8 Å². The molecule has 0 atom stereocenters. The first-order chi connectivity index (χ1) is 16.6. The topological polar surface area (TPSA) is 101 Å². The zero-order valence-corrected chi connectivity index (χ0v) is 18.5. The van der Waals surface area contributed by atoms with Gasteiger partial charge in [-0.2, -0.15) is 0 Å². The molecule has 2 aromatic heterocycles. The highest BCUT2D eigenvalue weighted by atomic mass is 16.7. The Kier molecular flexibility index (Phi) is 7.29. The third-order valence-electron chi connectivity index (χ3n) is 4.89. The van der Waals surface area contributed by atoms with Crippen molar-refractivity contribution >= 4 is 11.9 Å². The molecule has 0 unspecified atom stereocenters. The molecule has 0 aliphatic rings. The molecule has 34 heavy (non-hydrogen) atoms. The Hall–Kier alpha value is -4.46. The number of carbonyl (C=O) groups excluding carboxylic acids is 2. The first-order valence-electron chi connectivity index (χ1n) is 10.6. The van der Waals surface area contributed by atoms with Gasteiger partial charge in [-0.15, -0.1) is 0 Å². The smallest absolute Gasteiger partial charge is 0.489 e. The summed E-state index contributed by atoms with van der Waals surface area (Å²) in [4.78, 5) is 32.0. The number of hydrogen-bond acceptors (Lipinski definition) is 8. The number of methoxy groups -OCH3 is 1. The first-order valence-corrected chi connectivity index (χ1v) is 10.6. The maximum atomic E-state index is 12.6. The number of aromatic nitrogens is 2. The molecule has 0 aliphatic heterocycles. The number of rotatable bonds is 9. The SMILES string of the molecule is COC(=O)Oc1cccc(-c2cnc(C(=O)CCc3ccc(COc4ccccc4)cc3)o2)n1. The second-order valence-electron chi connectivity index (χ2n) is 7.29. The van der Waals surface area contributed by atoms with E-state index in [0.29, 0.717) is 24.5 Å². The van der Waals surface area contributed by atoms with Crippen LogP contribution in [-0.2, 0) is 17.8 Å². The van der Waals surface area contributed by atoms with Gasteiger partial charge in [0.05, 0.1) is 13.3 Å². The lowest BCUT2D eigenvalue weighted by Crippen LogP contribution is -2.08. The number of para-hydroxylation sites is 1. The molecule has 4 aromatic rings. The second-order valence-corrected chi connectivity index (χ2v) is 7.29. The van der Waals surface area contributed by atoms with E-state index in [0.717, 1.165) is 16.9 Å². The monoisotopic (exact) mass is 458 g/mol. The zero-order chi connectivity index (χ0) is 23.8. The predicted octanol–water partition coefficient (Wildman–Crippen LogP) is 5.28. The number of ether oxygens (including phenoxy) is 3. The summed E-state index contributed by atoms with van der Waals surface area (Å²) in [7, 11) is 1.20. The van der Waals surface area contributed by atoms with Gasteiger partial charge in [-0.05, 0) is 35.7 Å². The molecule has 172 valence electrons. The van der Waals surface area contributed by atoms with Gasteiger partial charge in [-0.3, -0.25) is 4.79 Å². The normalized spacial score (nSPS) is 10.5. The van der Waals surface area contributed by atoms with Crippen LogP contribution in [0.4, 0.5) is 4.79 Å². The quantitative estimate of drug-likeness (QED) is 0.247. The van der Waals surface area contributed by atoms with Crippen molar-refractivity contribution in [1.82, 2.24) is 9.97 Å². The number of Topliss-reactive ketones (excluding diaryl/α,β-unsaturated/α-hetero) is 1. The fourth-order valence-electron chi connectivity index (χ4n) is 3.11. The summed E-state index contributed by atoms with van der Waals surface area (Å²) >= 11 is 0. The number of ketones is 1. The Bertz CT molecular complexity index is 1250. The molecule has 2 aromatic carbocycles. The highest BCUT2D eigenvalue weighted by Crippen LogP contribution is 2.22. The lowest BCUT2D eigenvalue weighted by atomic mass is 10.1. The molecule has 0 fully saturated rings. The summed E-state index contributed by atoms with van der Waals surface area (Å²) < 4.78 is 20.7.